The van der Waals surface area contributed by atoms with Gasteiger partial charge in [0.25, 0.3) is 0 Å². The number of hydrogen-bond donors (Lipinski definition) is 1. The maximum absolute atomic E-state index is 12.3. The number of ketones is 1. The van der Waals surface area contributed by atoms with E-state index in [-0.39, 0.29) is 12.2 Å². The van der Waals surface area contributed by atoms with Gasteiger partial charge in [-0.25, -0.2) is 9.78 Å². The molecule has 1 fully saturated rings. The summed E-state index contributed by atoms with van der Waals surface area (Å²) in [5.41, 5.74) is -0.677. The molecule has 3 rings (SSSR count). The number of carbonyl (C=O) groups excluding carboxylic acids is 1. The van der Waals surface area contributed by atoms with Gasteiger partial charge in [-0.3, -0.25) is 4.79 Å². The van der Waals surface area contributed by atoms with Gasteiger partial charge in [0, 0.05) is 16.5 Å². The Morgan fingerprint density at radius 2 is 1.48 bits per heavy atom. The molecule has 0 saturated carbocycles. The predicted molar refractivity (Wildman–Crippen MR) is 95.3 cm³/mol. The van der Waals surface area contributed by atoms with Gasteiger partial charge in [0.05, 0.1) is 5.41 Å². The highest BCUT2D eigenvalue weighted by Gasteiger charge is 2.54. The van der Waals surface area contributed by atoms with E-state index >= 15 is 0 Å². The average Bonchev–Trinajstić information content (AvgIpc) is 2.59. The van der Waals surface area contributed by atoms with E-state index in [0.29, 0.717) is 10.0 Å². The standard InChI is InChI=1S/C19H18Cl2O4/c1-12(22)18(2)11-19(25-24-17(18)23,13-3-7-15(20)8-4-13)14-5-9-16(21)10-6-14/h3-10,17,23H,11H2,1-2H3. The lowest BCUT2D eigenvalue weighted by Gasteiger charge is -2.46. The second-order valence-electron chi connectivity index (χ2n) is 6.52. The molecular formula is C19H18Cl2O4. The van der Waals surface area contributed by atoms with Crippen LogP contribution in [0.15, 0.2) is 48.5 Å². The zero-order valence-electron chi connectivity index (χ0n) is 13.8. The second kappa shape index (κ2) is 6.71. The summed E-state index contributed by atoms with van der Waals surface area (Å²) in [6.45, 7) is 3.11. The lowest BCUT2D eigenvalue weighted by molar-refractivity contribution is -0.462. The second-order valence-corrected chi connectivity index (χ2v) is 7.40. The van der Waals surface area contributed by atoms with Gasteiger partial charge in [-0.15, -0.1) is 0 Å². The van der Waals surface area contributed by atoms with Crippen LogP contribution in [0.2, 0.25) is 10.0 Å². The monoisotopic (exact) mass is 380 g/mol. The van der Waals surface area contributed by atoms with Crippen molar-refractivity contribution in [3.8, 4) is 0 Å². The molecule has 0 aromatic heterocycles. The molecule has 25 heavy (non-hydrogen) atoms. The fourth-order valence-corrected chi connectivity index (χ4v) is 3.32. The SMILES string of the molecule is CC(=O)C1(C)CC(c2ccc(Cl)cc2)(c2ccc(Cl)cc2)OOC1O. The zero-order valence-corrected chi connectivity index (χ0v) is 15.3. The number of rotatable bonds is 3. The summed E-state index contributed by atoms with van der Waals surface area (Å²) in [5, 5.41) is 11.4. The Bertz CT molecular complexity index is 728. The minimum Gasteiger partial charge on any atom is -0.365 e. The van der Waals surface area contributed by atoms with Crippen LogP contribution in [0, 0.1) is 5.41 Å². The van der Waals surface area contributed by atoms with E-state index in [9.17, 15) is 9.90 Å². The summed E-state index contributed by atoms with van der Waals surface area (Å²) in [7, 11) is 0. The average molecular weight is 381 g/mol. The van der Waals surface area contributed by atoms with Crippen LogP contribution in [0.1, 0.15) is 31.4 Å². The number of carbonyl (C=O) groups is 1. The molecule has 4 nitrogen and oxygen atoms in total. The number of benzene rings is 2. The van der Waals surface area contributed by atoms with Crippen molar-refractivity contribution in [3.05, 3.63) is 69.7 Å². The minimum absolute atomic E-state index is 0.185. The number of Topliss-reactive ketones (excluding diaryl/α,β-unsaturated/α-hetero) is 1. The van der Waals surface area contributed by atoms with E-state index in [1.54, 1.807) is 31.2 Å². The van der Waals surface area contributed by atoms with Crippen molar-refractivity contribution < 1.29 is 19.7 Å². The van der Waals surface area contributed by atoms with Crippen molar-refractivity contribution in [2.75, 3.05) is 0 Å². The van der Waals surface area contributed by atoms with E-state index in [1.807, 2.05) is 24.3 Å². The van der Waals surface area contributed by atoms with Crippen LogP contribution in [0.3, 0.4) is 0 Å². The van der Waals surface area contributed by atoms with E-state index in [2.05, 4.69) is 0 Å². The smallest absolute Gasteiger partial charge is 0.201 e. The third-order valence-electron chi connectivity index (χ3n) is 4.87. The summed E-state index contributed by atoms with van der Waals surface area (Å²) in [5.74, 6) is -0.185. The maximum atomic E-state index is 12.3. The van der Waals surface area contributed by atoms with Crippen molar-refractivity contribution in [1.29, 1.82) is 0 Å². The molecule has 2 aromatic carbocycles. The summed E-state index contributed by atoms with van der Waals surface area (Å²) in [4.78, 5) is 23.1. The summed E-state index contributed by atoms with van der Waals surface area (Å²) < 4.78 is 0. The summed E-state index contributed by atoms with van der Waals surface area (Å²) >= 11 is 12.0. The van der Waals surface area contributed by atoms with Gasteiger partial charge in [0.15, 0.2) is 5.60 Å². The van der Waals surface area contributed by atoms with Gasteiger partial charge in [-0.2, -0.15) is 0 Å². The minimum atomic E-state index is -1.35. The largest absolute Gasteiger partial charge is 0.365 e. The molecule has 0 aliphatic carbocycles. The fraction of sp³-hybridized carbons (Fsp3) is 0.316. The van der Waals surface area contributed by atoms with Crippen molar-refractivity contribution in [1.82, 2.24) is 0 Å². The highest BCUT2D eigenvalue weighted by Crippen LogP contribution is 2.49. The van der Waals surface area contributed by atoms with Crippen LogP contribution < -0.4 is 0 Å². The quantitative estimate of drug-likeness (QED) is 0.796. The molecule has 6 heteroatoms. The molecule has 1 heterocycles. The van der Waals surface area contributed by atoms with E-state index < -0.39 is 17.3 Å². The van der Waals surface area contributed by atoms with Gasteiger partial charge < -0.3 is 5.11 Å². The van der Waals surface area contributed by atoms with Crippen molar-refractivity contribution in [2.45, 2.75) is 32.2 Å². The predicted octanol–water partition coefficient (Wildman–Crippen LogP) is 4.50. The number of aliphatic hydroxyl groups excluding tert-OH is 1. The molecule has 1 aliphatic rings. The van der Waals surface area contributed by atoms with Crippen molar-refractivity contribution in [3.63, 3.8) is 0 Å². The summed E-state index contributed by atoms with van der Waals surface area (Å²) in [6.07, 6.45) is -1.14. The molecular weight excluding hydrogens is 363 g/mol. The lowest BCUT2D eigenvalue weighted by Crippen LogP contribution is -2.53. The first-order valence-electron chi connectivity index (χ1n) is 7.84. The number of halogens is 2. The topological polar surface area (TPSA) is 55.8 Å². The Hall–Kier alpha value is -1.43. The van der Waals surface area contributed by atoms with E-state index in [4.69, 9.17) is 33.0 Å². The number of aliphatic hydroxyl groups is 1. The first-order chi connectivity index (χ1) is 11.8. The molecule has 0 spiro atoms. The van der Waals surface area contributed by atoms with Crippen LogP contribution in [-0.4, -0.2) is 17.2 Å². The van der Waals surface area contributed by atoms with Gasteiger partial charge >= 0.3 is 0 Å². The lowest BCUT2D eigenvalue weighted by atomic mass is 9.70. The highest BCUT2D eigenvalue weighted by molar-refractivity contribution is 6.30. The van der Waals surface area contributed by atoms with Gasteiger partial charge in [-0.05, 0) is 49.2 Å². The van der Waals surface area contributed by atoms with Crippen LogP contribution in [0.25, 0.3) is 0 Å². The Labute approximate surface area is 156 Å². The Kier molecular flexibility index (Phi) is 4.93. The van der Waals surface area contributed by atoms with Crippen LogP contribution >= 0.6 is 23.2 Å². The van der Waals surface area contributed by atoms with E-state index in [0.717, 1.165) is 11.1 Å². The number of hydrogen-bond acceptors (Lipinski definition) is 4. The molecule has 2 aromatic rings. The van der Waals surface area contributed by atoms with Crippen LogP contribution in [0.5, 0.6) is 0 Å². The molecule has 1 saturated heterocycles. The Morgan fingerprint density at radius 1 is 1.04 bits per heavy atom. The first-order valence-corrected chi connectivity index (χ1v) is 8.59. The molecule has 2 unspecified atom stereocenters. The van der Waals surface area contributed by atoms with Gasteiger partial charge in [0.1, 0.15) is 5.78 Å². The Balaban J connectivity index is 2.17. The van der Waals surface area contributed by atoms with Crippen LogP contribution in [0.4, 0.5) is 0 Å². The normalized spacial score (nSPS) is 25.6. The maximum Gasteiger partial charge on any atom is 0.201 e. The third-order valence-corrected chi connectivity index (χ3v) is 5.37. The molecule has 1 aliphatic heterocycles. The van der Waals surface area contributed by atoms with Crippen molar-refractivity contribution >= 4 is 29.0 Å². The molecule has 2 atom stereocenters. The highest BCUT2D eigenvalue weighted by atomic mass is 35.5. The molecule has 0 amide bonds. The molecule has 1 N–H and O–H groups in total. The van der Waals surface area contributed by atoms with Crippen molar-refractivity contribution in [2.24, 2.45) is 5.41 Å². The summed E-state index contributed by atoms with van der Waals surface area (Å²) in [6, 6.07) is 14.2. The molecule has 0 radical (unpaired) electrons. The fourth-order valence-electron chi connectivity index (χ4n) is 3.07. The Morgan fingerprint density at radius 3 is 1.88 bits per heavy atom. The van der Waals surface area contributed by atoms with Gasteiger partial charge in [-0.1, -0.05) is 47.5 Å². The third kappa shape index (κ3) is 3.21. The molecule has 132 valence electrons. The first kappa shape index (κ1) is 18.4. The van der Waals surface area contributed by atoms with Crippen LogP contribution in [-0.2, 0) is 20.2 Å². The zero-order chi connectivity index (χ0) is 18.2. The van der Waals surface area contributed by atoms with E-state index in [1.165, 1.54) is 6.92 Å². The molecule has 0 bridgehead atoms. The van der Waals surface area contributed by atoms with Gasteiger partial charge in [0.2, 0.25) is 6.29 Å².